The average Bonchev–Trinajstić information content (AvgIpc) is 2.87. The molecule has 0 amide bonds. The molecule has 90 valence electrons. The van der Waals surface area contributed by atoms with Crippen molar-refractivity contribution in [2.45, 2.75) is 32.6 Å². The summed E-state index contributed by atoms with van der Waals surface area (Å²) in [5, 5.41) is 3.40. The third-order valence-electron chi connectivity index (χ3n) is 3.42. The fraction of sp³-hybridized carbons (Fsp3) is 0.769. The standard InChI is InChI=1S/C13H22N2O/c1-11(10-15-6-2-3-7-15)9-14-12-4-5-13(16)8-12/h8,11,14H,2-7,9-10H2,1H3. The summed E-state index contributed by atoms with van der Waals surface area (Å²) in [6, 6.07) is 0. The summed E-state index contributed by atoms with van der Waals surface area (Å²) < 4.78 is 0. The van der Waals surface area contributed by atoms with Gasteiger partial charge in [0.25, 0.3) is 0 Å². The molecule has 3 nitrogen and oxygen atoms in total. The topological polar surface area (TPSA) is 32.3 Å². The number of nitrogens with one attached hydrogen (secondary N) is 1. The lowest BCUT2D eigenvalue weighted by molar-refractivity contribution is -0.114. The van der Waals surface area contributed by atoms with E-state index >= 15 is 0 Å². The molecule has 0 radical (unpaired) electrons. The molecular formula is C13H22N2O. The van der Waals surface area contributed by atoms with Crippen LogP contribution < -0.4 is 5.32 Å². The van der Waals surface area contributed by atoms with Gasteiger partial charge in [-0.3, -0.25) is 4.79 Å². The van der Waals surface area contributed by atoms with Gasteiger partial charge < -0.3 is 10.2 Å². The van der Waals surface area contributed by atoms with Gasteiger partial charge in [0, 0.05) is 31.3 Å². The largest absolute Gasteiger partial charge is 0.388 e. The molecule has 1 aliphatic heterocycles. The Morgan fingerprint density at radius 1 is 1.38 bits per heavy atom. The van der Waals surface area contributed by atoms with E-state index in [-0.39, 0.29) is 5.78 Å². The van der Waals surface area contributed by atoms with Gasteiger partial charge in [-0.05, 0) is 38.3 Å². The first-order valence-electron chi connectivity index (χ1n) is 6.43. The fourth-order valence-electron chi connectivity index (χ4n) is 2.51. The zero-order valence-electron chi connectivity index (χ0n) is 10.2. The molecule has 0 aromatic rings. The molecule has 1 heterocycles. The minimum absolute atomic E-state index is 0.273. The van der Waals surface area contributed by atoms with Crippen molar-refractivity contribution in [1.29, 1.82) is 0 Å². The van der Waals surface area contributed by atoms with Crippen molar-refractivity contribution in [2.24, 2.45) is 5.92 Å². The van der Waals surface area contributed by atoms with Crippen LogP contribution in [0.3, 0.4) is 0 Å². The average molecular weight is 222 g/mol. The van der Waals surface area contributed by atoms with E-state index in [1.165, 1.54) is 32.5 Å². The number of likely N-dealkylation sites (tertiary alicyclic amines) is 1. The van der Waals surface area contributed by atoms with Crippen molar-refractivity contribution in [3.63, 3.8) is 0 Å². The van der Waals surface area contributed by atoms with Gasteiger partial charge in [-0.1, -0.05) is 6.92 Å². The van der Waals surface area contributed by atoms with Gasteiger partial charge in [0.15, 0.2) is 5.78 Å². The number of hydrogen-bond donors (Lipinski definition) is 1. The van der Waals surface area contributed by atoms with E-state index in [9.17, 15) is 4.79 Å². The molecule has 2 rings (SSSR count). The van der Waals surface area contributed by atoms with Gasteiger partial charge in [0.1, 0.15) is 0 Å². The molecule has 0 aromatic carbocycles. The van der Waals surface area contributed by atoms with E-state index in [1.54, 1.807) is 6.08 Å². The highest BCUT2D eigenvalue weighted by molar-refractivity contribution is 5.92. The number of carbonyl (C=O) groups is 1. The Morgan fingerprint density at radius 2 is 2.12 bits per heavy atom. The van der Waals surface area contributed by atoms with Crippen molar-refractivity contribution >= 4 is 5.78 Å². The van der Waals surface area contributed by atoms with E-state index in [4.69, 9.17) is 0 Å². The molecular weight excluding hydrogens is 200 g/mol. The highest BCUT2D eigenvalue weighted by Crippen LogP contribution is 2.13. The molecule has 1 fully saturated rings. The van der Waals surface area contributed by atoms with Gasteiger partial charge in [0.05, 0.1) is 0 Å². The van der Waals surface area contributed by atoms with Crippen molar-refractivity contribution in [3.8, 4) is 0 Å². The quantitative estimate of drug-likeness (QED) is 0.766. The van der Waals surface area contributed by atoms with Crippen LogP contribution in [0.2, 0.25) is 0 Å². The highest BCUT2D eigenvalue weighted by Gasteiger charge is 2.16. The Bertz CT molecular complexity index is 280. The van der Waals surface area contributed by atoms with E-state index in [1.807, 2.05) is 0 Å². The van der Waals surface area contributed by atoms with Crippen LogP contribution in [0.25, 0.3) is 0 Å². The third kappa shape index (κ3) is 3.34. The molecule has 1 unspecified atom stereocenters. The number of ketones is 1. The minimum Gasteiger partial charge on any atom is -0.388 e. The van der Waals surface area contributed by atoms with Crippen LogP contribution in [0.15, 0.2) is 11.8 Å². The molecule has 0 saturated carbocycles. The fourth-order valence-corrected chi connectivity index (χ4v) is 2.51. The van der Waals surface area contributed by atoms with Crippen molar-refractivity contribution in [1.82, 2.24) is 10.2 Å². The van der Waals surface area contributed by atoms with Crippen LogP contribution in [0.5, 0.6) is 0 Å². The summed E-state index contributed by atoms with van der Waals surface area (Å²) in [7, 11) is 0. The second-order valence-electron chi connectivity index (χ2n) is 5.13. The maximum Gasteiger partial charge on any atom is 0.157 e. The number of hydrogen-bond acceptors (Lipinski definition) is 3. The summed E-state index contributed by atoms with van der Waals surface area (Å²) in [6.07, 6.45) is 6.10. The molecule has 1 N–H and O–H groups in total. The Labute approximate surface area is 97.9 Å². The first-order valence-corrected chi connectivity index (χ1v) is 6.43. The van der Waals surface area contributed by atoms with Crippen molar-refractivity contribution in [2.75, 3.05) is 26.2 Å². The second kappa shape index (κ2) is 5.48. The zero-order valence-corrected chi connectivity index (χ0v) is 10.2. The maximum absolute atomic E-state index is 11.1. The van der Waals surface area contributed by atoms with Crippen LogP contribution in [0.4, 0.5) is 0 Å². The predicted octanol–water partition coefficient (Wildman–Crippen LogP) is 1.55. The Morgan fingerprint density at radius 3 is 2.75 bits per heavy atom. The predicted molar refractivity (Wildman–Crippen MR) is 65.2 cm³/mol. The lowest BCUT2D eigenvalue weighted by atomic mass is 10.1. The van der Waals surface area contributed by atoms with E-state index in [0.717, 1.165) is 18.7 Å². The normalized spacial score (nSPS) is 23.6. The van der Waals surface area contributed by atoms with Gasteiger partial charge in [-0.2, -0.15) is 0 Å². The SMILES string of the molecule is CC(CNC1=CC(=O)CC1)CN1CCCC1. The minimum atomic E-state index is 0.273. The summed E-state index contributed by atoms with van der Waals surface area (Å²) >= 11 is 0. The van der Waals surface area contributed by atoms with Crippen LogP contribution in [0.1, 0.15) is 32.6 Å². The van der Waals surface area contributed by atoms with Gasteiger partial charge in [0.2, 0.25) is 0 Å². The first-order chi connectivity index (χ1) is 7.74. The van der Waals surface area contributed by atoms with E-state index in [2.05, 4.69) is 17.1 Å². The molecule has 1 atom stereocenters. The van der Waals surface area contributed by atoms with Gasteiger partial charge >= 0.3 is 0 Å². The lowest BCUT2D eigenvalue weighted by Gasteiger charge is -2.21. The van der Waals surface area contributed by atoms with Crippen LogP contribution in [0, 0.1) is 5.92 Å². The number of allylic oxidation sites excluding steroid dienone is 2. The van der Waals surface area contributed by atoms with Crippen molar-refractivity contribution < 1.29 is 4.79 Å². The maximum atomic E-state index is 11.1. The molecule has 2 aliphatic rings. The molecule has 0 spiro atoms. The van der Waals surface area contributed by atoms with Crippen LogP contribution in [-0.2, 0) is 4.79 Å². The summed E-state index contributed by atoms with van der Waals surface area (Å²) in [5.74, 6) is 0.935. The Kier molecular flexibility index (Phi) is 3.99. The zero-order chi connectivity index (χ0) is 11.4. The number of carbonyl (C=O) groups excluding carboxylic acids is 1. The van der Waals surface area contributed by atoms with Gasteiger partial charge in [-0.25, -0.2) is 0 Å². The highest BCUT2D eigenvalue weighted by atomic mass is 16.1. The smallest absolute Gasteiger partial charge is 0.157 e. The molecule has 16 heavy (non-hydrogen) atoms. The third-order valence-corrected chi connectivity index (χ3v) is 3.42. The first kappa shape index (κ1) is 11.6. The molecule has 0 aromatic heterocycles. The van der Waals surface area contributed by atoms with E-state index in [0.29, 0.717) is 12.3 Å². The molecule has 1 saturated heterocycles. The van der Waals surface area contributed by atoms with Crippen LogP contribution in [-0.4, -0.2) is 36.9 Å². The lowest BCUT2D eigenvalue weighted by Crippen LogP contribution is -2.31. The monoisotopic (exact) mass is 222 g/mol. The molecule has 3 heteroatoms. The van der Waals surface area contributed by atoms with E-state index < -0.39 is 0 Å². The molecule has 1 aliphatic carbocycles. The van der Waals surface area contributed by atoms with Crippen LogP contribution >= 0.6 is 0 Å². The van der Waals surface area contributed by atoms with Crippen molar-refractivity contribution in [3.05, 3.63) is 11.8 Å². The summed E-state index contributed by atoms with van der Waals surface area (Å²) in [5.41, 5.74) is 1.14. The second-order valence-corrected chi connectivity index (χ2v) is 5.13. The Hall–Kier alpha value is -0.830. The van der Waals surface area contributed by atoms with Gasteiger partial charge in [-0.15, -0.1) is 0 Å². The summed E-state index contributed by atoms with van der Waals surface area (Å²) in [6.45, 7) is 7.00. The summed E-state index contributed by atoms with van der Waals surface area (Å²) in [4.78, 5) is 13.6. The Balaban J connectivity index is 1.65. The number of nitrogens with zero attached hydrogens (tertiary/aromatic N) is 1. The molecule has 0 bridgehead atoms. The number of rotatable bonds is 5.